The molecule has 2 heteroatoms. The summed E-state index contributed by atoms with van der Waals surface area (Å²) in [7, 11) is 0. The third-order valence-corrected chi connectivity index (χ3v) is 2.38. The van der Waals surface area contributed by atoms with Gasteiger partial charge in [0.15, 0.2) is 0 Å². The molecule has 0 aliphatic heterocycles. The SMILES string of the molecule is CCC(N)C(C)OCCCC(C)C. The van der Waals surface area contributed by atoms with Crippen molar-refractivity contribution in [3.8, 4) is 0 Å². The van der Waals surface area contributed by atoms with E-state index in [1.807, 2.05) is 0 Å². The monoisotopic (exact) mass is 187 g/mol. The summed E-state index contributed by atoms with van der Waals surface area (Å²) in [5, 5.41) is 0. The van der Waals surface area contributed by atoms with Crippen molar-refractivity contribution in [1.82, 2.24) is 0 Å². The van der Waals surface area contributed by atoms with Gasteiger partial charge in [0, 0.05) is 12.6 Å². The van der Waals surface area contributed by atoms with Crippen LogP contribution in [0, 0.1) is 5.92 Å². The molecule has 0 aromatic heterocycles. The Morgan fingerprint density at radius 1 is 1.23 bits per heavy atom. The first-order valence-corrected chi connectivity index (χ1v) is 5.45. The summed E-state index contributed by atoms with van der Waals surface area (Å²) in [6.07, 6.45) is 3.59. The van der Waals surface area contributed by atoms with E-state index in [-0.39, 0.29) is 12.1 Å². The maximum absolute atomic E-state index is 5.83. The number of ether oxygens (including phenoxy) is 1. The lowest BCUT2D eigenvalue weighted by molar-refractivity contribution is 0.0439. The largest absolute Gasteiger partial charge is 0.377 e. The van der Waals surface area contributed by atoms with Crippen molar-refractivity contribution < 1.29 is 4.74 Å². The first-order chi connectivity index (χ1) is 6.07. The maximum atomic E-state index is 5.83. The van der Waals surface area contributed by atoms with Gasteiger partial charge in [-0.2, -0.15) is 0 Å². The summed E-state index contributed by atoms with van der Waals surface area (Å²) in [4.78, 5) is 0. The highest BCUT2D eigenvalue weighted by Gasteiger charge is 2.09. The second-order valence-electron chi connectivity index (χ2n) is 4.18. The van der Waals surface area contributed by atoms with Crippen LogP contribution >= 0.6 is 0 Å². The molecule has 0 heterocycles. The lowest BCUT2D eigenvalue weighted by Gasteiger charge is -2.19. The van der Waals surface area contributed by atoms with Gasteiger partial charge in [0.1, 0.15) is 0 Å². The molecule has 0 spiro atoms. The maximum Gasteiger partial charge on any atom is 0.0697 e. The van der Waals surface area contributed by atoms with Crippen LogP contribution in [0.4, 0.5) is 0 Å². The molecule has 0 aliphatic carbocycles. The van der Waals surface area contributed by atoms with E-state index in [1.54, 1.807) is 0 Å². The molecule has 13 heavy (non-hydrogen) atoms. The second-order valence-corrected chi connectivity index (χ2v) is 4.18. The van der Waals surface area contributed by atoms with Crippen LogP contribution in [0.2, 0.25) is 0 Å². The van der Waals surface area contributed by atoms with Crippen LogP contribution in [-0.2, 0) is 4.74 Å². The number of rotatable bonds is 7. The minimum Gasteiger partial charge on any atom is -0.377 e. The molecule has 0 amide bonds. The Kier molecular flexibility index (Phi) is 7.29. The molecule has 0 rings (SSSR count). The van der Waals surface area contributed by atoms with Crippen LogP contribution < -0.4 is 5.73 Å². The molecular formula is C11H25NO. The predicted molar refractivity (Wildman–Crippen MR) is 57.8 cm³/mol. The van der Waals surface area contributed by atoms with Crippen LogP contribution in [0.5, 0.6) is 0 Å². The quantitative estimate of drug-likeness (QED) is 0.622. The molecular weight excluding hydrogens is 162 g/mol. The van der Waals surface area contributed by atoms with Gasteiger partial charge in [-0.25, -0.2) is 0 Å². The van der Waals surface area contributed by atoms with E-state index < -0.39 is 0 Å². The summed E-state index contributed by atoms with van der Waals surface area (Å²) in [6, 6.07) is 0.194. The molecule has 80 valence electrons. The van der Waals surface area contributed by atoms with E-state index in [2.05, 4.69) is 27.7 Å². The lowest BCUT2D eigenvalue weighted by Crippen LogP contribution is -2.34. The fourth-order valence-corrected chi connectivity index (χ4v) is 1.22. The Hall–Kier alpha value is -0.0800. The van der Waals surface area contributed by atoms with Crippen molar-refractivity contribution in [2.24, 2.45) is 11.7 Å². The smallest absolute Gasteiger partial charge is 0.0697 e. The first kappa shape index (κ1) is 12.9. The third-order valence-electron chi connectivity index (χ3n) is 2.38. The van der Waals surface area contributed by atoms with Gasteiger partial charge >= 0.3 is 0 Å². The Morgan fingerprint density at radius 2 is 1.85 bits per heavy atom. The standard InChI is InChI=1S/C11H25NO/c1-5-11(12)10(4)13-8-6-7-9(2)3/h9-11H,5-8,12H2,1-4H3. The van der Waals surface area contributed by atoms with Gasteiger partial charge in [-0.05, 0) is 32.1 Å². The zero-order chi connectivity index (χ0) is 10.3. The molecule has 0 bridgehead atoms. The average Bonchev–Trinajstić information content (AvgIpc) is 2.10. The second kappa shape index (κ2) is 7.34. The molecule has 2 nitrogen and oxygen atoms in total. The molecule has 0 aromatic rings. The minimum atomic E-state index is 0.194. The van der Waals surface area contributed by atoms with Crippen molar-refractivity contribution in [1.29, 1.82) is 0 Å². The topological polar surface area (TPSA) is 35.2 Å². The van der Waals surface area contributed by atoms with Gasteiger partial charge in [0.05, 0.1) is 6.10 Å². The minimum absolute atomic E-state index is 0.194. The van der Waals surface area contributed by atoms with Gasteiger partial charge in [-0.3, -0.25) is 0 Å². The molecule has 0 saturated heterocycles. The molecule has 0 aromatic carbocycles. The van der Waals surface area contributed by atoms with Gasteiger partial charge in [0.2, 0.25) is 0 Å². The van der Waals surface area contributed by atoms with Gasteiger partial charge < -0.3 is 10.5 Å². The Morgan fingerprint density at radius 3 is 2.31 bits per heavy atom. The molecule has 0 radical (unpaired) electrons. The van der Waals surface area contributed by atoms with Gasteiger partial charge in [-0.15, -0.1) is 0 Å². The first-order valence-electron chi connectivity index (χ1n) is 5.45. The van der Waals surface area contributed by atoms with E-state index in [4.69, 9.17) is 10.5 Å². The average molecular weight is 187 g/mol. The van der Waals surface area contributed by atoms with E-state index >= 15 is 0 Å². The van der Waals surface area contributed by atoms with Crippen molar-refractivity contribution in [2.75, 3.05) is 6.61 Å². The van der Waals surface area contributed by atoms with Crippen LogP contribution in [0.15, 0.2) is 0 Å². The van der Waals surface area contributed by atoms with E-state index in [9.17, 15) is 0 Å². The molecule has 2 N–H and O–H groups in total. The third kappa shape index (κ3) is 7.03. The van der Waals surface area contributed by atoms with Crippen molar-refractivity contribution in [3.05, 3.63) is 0 Å². The highest BCUT2D eigenvalue weighted by molar-refractivity contribution is 4.66. The van der Waals surface area contributed by atoms with E-state index in [0.29, 0.717) is 0 Å². The number of hydrogen-bond donors (Lipinski definition) is 1. The number of hydrogen-bond acceptors (Lipinski definition) is 2. The molecule has 0 saturated carbocycles. The van der Waals surface area contributed by atoms with E-state index in [0.717, 1.165) is 25.4 Å². The van der Waals surface area contributed by atoms with Crippen LogP contribution in [0.3, 0.4) is 0 Å². The number of nitrogens with two attached hydrogens (primary N) is 1. The summed E-state index contributed by atoms with van der Waals surface area (Å²) in [5.74, 6) is 0.777. The fraction of sp³-hybridized carbons (Fsp3) is 1.00. The van der Waals surface area contributed by atoms with Crippen LogP contribution in [-0.4, -0.2) is 18.8 Å². The van der Waals surface area contributed by atoms with Crippen LogP contribution in [0.25, 0.3) is 0 Å². The van der Waals surface area contributed by atoms with Crippen molar-refractivity contribution in [3.63, 3.8) is 0 Å². The summed E-state index contributed by atoms with van der Waals surface area (Å²) < 4.78 is 5.62. The zero-order valence-electron chi connectivity index (χ0n) is 9.55. The summed E-state index contributed by atoms with van der Waals surface area (Å²) >= 11 is 0. The Labute approximate surface area is 82.8 Å². The Balaban J connectivity index is 3.31. The molecule has 2 atom stereocenters. The highest BCUT2D eigenvalue weighted by atomic mass is 16.5. The molecule has 0 aliphatic rings. The van der Waals surface area contributed by atoms with Gasteiger partial charge in [0.25, 0.3) is 0 Å². The van der Waals surface area contributed by atoms with Crippen molar-refractivity contribution >= 4 is 0 Å². The summed E-state index contributed by atoms with van der Waals surface area (Å²) in [5.41, 5.74) is 5.83. The predicted octanol–water partition coefficient (Wildman–Crippen LogP) is 2.57. The lowest BCUT2D eigenvalue weighted by atomic mass is 10.1. The zero-order valence-corrected chi connectivity index (χ0v) is 9.55. The highest BCUT2D eigenvalue weighted by Crippen LogP contribution is 2.06. The summed E-state index contributed by atoms with van der Waals surface area (Å²) in [6.45, 7) is 9.48. The van der Waals surface area contributed by atoms with Crippen molar-refractivity contribution in [2.45, 2.75) is 59.1 Å². The van der Waals surface area contributed by atoms with E-state index in [1.165, 1.54) is 6.42 Å². The normalized spacial score (nSPS) is 16.2. The fourth-order valence-electron chi connectivity index (χ4n) is 1.22. The Bertz CT molecular complexity index is 115. The molecule has 0 fully saturated rings. The van der Waals surface area contributed by atoms with Gasteiger partial charge in [-0.1, -0.05) is 20.8 Å². The van der Waals surface area contributed by atoms with Crippen LogP contribution in [0.1, 0.15) is 47.0 Å². The molecule has 2 unspecified atom stereocenters.